The highest BCUT2D eigenvalue weighted by Crippen LogP contribution is 2.34. The van der Waals surface area contributed by atoms with Gasteiger partial charge in [-0.2, -0.15) is 0 Å². The number of benzene rings is 2. The van der Waals surface area contributed by atoms with Crippen molar-refractivity contribution in [1.29, 1.82) is 0 Å². The minimum atomic E-state index is 0.416. The standard InChI is InChI=1S/C17H20N2O2/c1-20-14-5-3-12-7-13(10-19-16(12)9-14)11-4-6-17(21-2)15(18)8-11/h3-6,8-9,13,19H,7,10,18H2,1-2H3. The molecule has 4 heteroatoms. The first-order valence-electron chi connectivity index (χ1n) is 7.05. The molecule has 2 aromatic carbocycles. The molecule has 0 spiro atoms. The molecular formula is C17H20N2O2. The van der Waals surface area contributed by atoms with Crippen LogP contribution in [0.1, 0.15) is 17.0 Å². The number of fused-ring (bicyclic) bond motifs is 1. The Hall–Kier alpha value is -2.36. The zero-order chi connectivity index (χ0) is 14.8. The van der Waals surface area contributed by atoms with E-state index in [4.69, 9.17) is 15.2 Å². The Morgan fingerprint density at radius 1 is 1.10 bits per heavy atom. The molecule has 0 amide bonds. The van der Waals surface area contributed by atoms with Crippen molar-refractivity contribution in [3.63, 3.8) is 0 Å². The number of ether oxygens (including phenoxy) is 2. The third kappa shape index (κ3) is 2.61. The fourth-order valence-corrected chi connectivity index (χ4v) is 2.84. The highest BCUT2D eigenvalue weighted by molar-refractivity contribution is 5.59. The fraction of sp³-hybridized carbons (Fsp3) is 0.294. The average molecular weight is 284 g/mol. The van der Waals surface area contributed by atoms with Crippen LogP contribution in [0.15, 0.2) is 36.4 Å². The lowest BCUT2D eigenvalue weighted by atomic mass is 9.88. The van der Waals surface area contributed by atoms with Crippen LogP contribution in [0.25, 0.3) is 0 Å². The van der Waals surface area contributed by atoms with Crippen LogP contribution in [0.3, 0.4) is 0 Å². The average Bonchev–Trinajstić information content (AvgIpc) is 2.53. The van der Waals surface area contributed by atoms with Gasteiger partial charge in [-0.1, -0.05) is 12.1 Å². The minimum absolute atomic E-state index is 0.416. The Bertz CT molecular complexity index is 655. The lowest BCUT2D eigenvalue weighted by molar-refractivity contribution is 0.414. The van der Waals surface area contributed by atoms with Crippen molar-refractivity contribution < 1.29 is 9.47 Å². The van der Waals surface area contributed by atoms with Crippen molar-refractivity contribution in [3.8, 4) is 11.5 Å². The highest BCUT2D eigenvalue weighted by atomic mass is 16.5. The number of nitrogen functional groups attached to an aromatic ring is 1. The summed E-state index contributed by atoms with van der Waals surface area (Å²) in [4.78, 5) is 0. The summed E-state index contributed by atoms with van der Waals surface area (Å²) >= 11 is 0. The van der Waals surface area contributed by atoms with Gasteiger partial charge in [-0.25, -0.2) is 0 Å². The largest absolute Gasteiger partial charge is 0.497 e. The molecule has 0 radical (unpaired) electrons. The maximum Gasteiger partial charge on any atom is 0.141 e. The smallest absolute Gasteiger partial charge is 0.141 e. The Morgan fingerprint density at radius 2 is 1.95 bits per heavy atom. The Kier molecular flexibility index (Phi) is 3.60. The molecule has 1 aliphatic rings. The predicted molar refractivity (Wildman–Crippen MR) is 85.3 cm³/mol. The van der Waals surface area contributed by atoms with E-state index >= 15 is 0 Å². The van der Waals surface area contributed by atoms with E-state index in [1.54, 1.807) is 14.2 Å². The van der Waals surface area contributed by atoms with E-state index < -0.39 is 0 Å². The molecule has 21 heavy (non-hydrogen) atoms. The Morgan fingerprint density at radius 3 is 2.67 bits per heavy atom. The van der Waals surface area contributed by atoms with Crippen molar-refractivity contribution in [2.45, 2.75) is 12.3 Å². The van der Waals surface area contributed by atoms with E-state index in [0.717, 1.165) is 30.2 Å². The van der Waals surface area contributed by atoms with Crippen LogP contribution in [0, 0.1) is 0 Å². The predicted octanol–water partition coefficient (Wildman–Crippen LogP) is 3.04. The van der Waals surface area contributed by atoms with E-state index in [1.165, 1.54) is 11.1 Å². The summed E-state index contributed by atoms with van der Waals surface area (Å²) in [5.74, 6) is 2.03. The number of methoxy groups -OCH3 is 2. The highest BCUT2D eigenvalue weighted by Gasteiger charge is 2.20. The summed E-state index contributed by atoms with van der Waals surface area (Å²) in [6, 6.07) is 12.2. The number of anilines is 2. The van der Waals surface area contributed by atoms with Crippen molar-refractivity contribution in [2.75, 3.05) is 31.8 Å². The molecule has 3 rings (SSSR count). The molecule has 0 aromatic heterocycles. The first-order chi connectivity index (χ1) is 10.2. The molecule has 2 aromatic rings. The first kappa shape index (κ1) is 13.6. The quantitative estimate of drug-likeness (QED) is 0.851. The monoisotopic (exact) mass is 284 g/mol. The van der Waals surface area contributed by atoms with Gasteiger partial charge in [-0.3, -0.25) is 0 Å². The molecule has 0 saturated heterocycles. The zero-order valence-corrected chi connectivity index (χ0v) is 12.3. The van der Waals surface area contributed by atoms with Crippen LogP contribution < -0.4 is 20.5 Å². The van der Waals surface area contributed by atoms with Crippen LogP contribution in [-0.4, -0.2) is 20.8 Å². The van der Waals surface area contributed by atoms with Crippen molar-refractivity contribution in [2.24, 2.45) is 0 Å². The summed E-state index contributed by atoms with van der Waals surface area (Å²) < 4.78 is 10.5. The second kappa shape index (κ2) is 5.56. The molecule has 0 bridgehead atoms. The molecular weight excluding hydrogens is 264 g/mol. The normalized spacial score (nSPS) is 16.8. The molecule has 0 aliphatic carbocycles. The van der Waals surface area contributed by atoms with E-state index in [-0.39, 0.29) is 0 Å². The van der Waals surface area contributed by atoms with Gasteiger partial charge in [0.25, 0.3) is 0 Å². The number of rotatable bonds is 3. The van der Waals surface area contributed by atoms with Crippen LogP contribution >= 0.6 is 0 Å². The minimum Gasteiger partial charge on any atom is -0.497 e. The van der Waals surface area contributed by atoms with Crippen LogP contribution in [0.5, 0.6) is 11.5 Å². The molecule has 1 aliphatic heterocycles. The summed E-state index contributed by atoms with van der Waals surface area (Å²) in [7, 11) is 3.32. The summed E-state index contributed by atoms with van der Waals surface area (Å²) in [6.07, 6.45) is 0.998. The summed E-state index contributed by atoms with van der Waals surface area (Å²) in [5, 5.41) is 3.48. The molecule has 0 saturated carbocycles. The number of nitrogens with one attached hydrogen (secondary N) is 1. The van der Waals surface area contributed by atoms with Gasteiger partial charge in [0.15, 0.2) is 0 Å². The lowest BCUT2D eigenvalue weighted by Crippen LogP contribution is -2.21. The number of hydrogen-bond acceptors (Lipinski definition) is 4. The van der Waals surface area contributed by atoms with Crippen molar-refractivity contribution in [3.05, 3.63) is 47.5 Å². The third-order valence-electron chi connectivity index (χ3n) is 4.05. The molecule has 4 nitrogen and oxygen atoms in total. The molecule has 1 atom stereocenters. The molecule has 3 N–H and O–H groups in total. The third-order valence-corrected chi connectivity index (χ3v) is 4.05. The molecule has 110 valence electrons. The van der Waals surface area contributed by atoms with E-state index in [9.17, 15) is 0 Å². The van der Waals surface area contributed by atoms with Gasteiger partial charge in [0.05, 0.1) is 19.9 Å². The summed E-state index contributed by atoms with van der Waals surface area (Å²) in [6.45, 7) is 0.895. The van der Waals surface area contributed by atoms with E-state index in [1.807, 2.05) is 24.3 Å². The lowest BCUT2D eigenvalue weighted by Gasteiger charge is -2.27. The topological polar surface area (TPSA) is 56.5 Å². The summed E-state index contributed by atoms with van der Waals surface area (Å²) in [5.41, 5.74) is 10.4. The van der Waals surface area contributed by atoms with E-state index in [0.29, 0.717) is 11.6 Å². The van der Waals surface area contributed by atoms with E-state index in [2.05, 4.69) is 17.4 Å². The number of nitrogens with two attached hydrogens (primary N) is 1. The fourth-order valence-electron chi connectivity index (χ4n) is 2.84. The van der Waals surface area contributed by atoms with Gasteiger partial charge >= 0.3 is 0 Å². The molecule has 1 unspecified atom stereocenters. The van der Waals surface area contributed by atoms with Crippen LogP contribution in [0.4, 0.5) is 11.4 Å². The van der Waals surface area contributed by atoms with Gasteiger partial charge in [0.2, 0.25) is 0 Å². The number of hydrogen-bond donors (Lipinski definition) is 2. The van der Waals surface area contributed by atoms with Crippen LogP contribution in [-0.2, 0) is 6.42 Å². The van der Waals surface area contributed by atoms with Gasteiger partial charge in [0.1, 0.15) is 11.5 Å². The first-order valence-corrected chi connectivity index (χ1v) is 7.05. The van der Waals surface area contributed by atoms with Crippen LogP contribution in [0.2, 0.25) is 0 Å². The van der Waals surface area contributed by atoms with Crippen molar-refractivity contribution >= 4 is 11.4 Å². The zero-order valence-electron chi connectivity index (χ0n) is 12.3. The van der Waals surface area contributed by atoms with Gasteiger partial charge in [-0.15, -0.1) is 0 Å². The second-order valence-electron chi connectivity index (χ2n) is 5.31. The maximum absolute atomic E-state index is 6.01. The van der Waals surface area contributed by atoms with Crippen molar-refractivity contribution in [1.82, 2.24) is 0 Å². The SMILES string of the molecule is COc1ccc2c(c1)NCC(c1ccc(OC)c(N)c1)C2. The Labute approximate surface area is 124 Å². The molecule has 0 fully saturated rings. The Balaban J connectivity index is 1.84. The van der Waals surface area contributed by atoms with Gasteiger partial charge < -0.3 is 20.5 Å². The molecule has 1 heterocycles. The second-order valence-corrected chi connectivity index (χ2v) is 5.31. The van der Waals surface area contributed by atoms with Gasteiger partial charge in [0, 0.05) is 24.2 Å². The van der Waals surface area contributed by atoms with Gasteiger partial charge in [-0.05, 0) is 35.7 Å². The maximum atomic E-state index is 6.01.